The maximum Gasteiger partial charge on any atom is 0.326 e. The van der Waals surface area contributed by atoms with Crippen molar-refractivity contribution in [1.82, 2.24) is 5.32 Å². The first-order valence-corrected chi connectivity index (χ1v) is 6.44. The summed E-state index contributed by atoms with van der Waals surface area (Å²) in [5.74, 6) is -2.77. The number of amides is 2. The molecular weight excluding hydrogens is 355 g/mol. The number of carbonyl (C=O) groups is 3. The van der Waals surface area contributed by atoms with Crippen LogP contribution in [0.25, 0.3) is 0 Å². The molecule has 0 radical (unpaired) electrons. The molecule has 0 bridgehead atoms. The van der Waals surface area contributed by atoms with E-state index in [-0.39, 0.29) is 0 Å². The fraction of sp³-hybridized carbons (Fsp3) is 0.182. The van der Waals surface area contributed by atoms with Crippen LogP contribution in [0.15, 0.2) is 22.7 Å². The minimum Gasteiger partial charge on any atom is -0.481 e. The fourth-order valence-electron chi connectivity index (χ4n) is 1.29. The van der Waals surface area contributed by atoms with Crippen molar-refractivity contribution in [3.8, 4) is 0 Å². The first-order valence-electron chi connectivity index (χ1n) is 5.27. The van der Waals surface area contributed by atoms with Gasteiger partial charge in [-0.2, -0.15) is 0 Å². The van der Waals surface area contributed by atoms with Gasteiger partial charge >= 0.3 is 18.0 Å². The van der Waals surface area contributed by atoms with E-state index in [1.165, 1.54) is 0 Å². The molecule has 1 rings (SSSR count). The average Bonchev–Trinajstić information content (AvgIpc) is 2.33. The smallest absolute Gasteiger partial charge is 0.326 e. The zero-order valence-corrected chi connectivity index (χ0v) is 12.2. The van der Waals surface area contributed by atoms with E-state index in [1.54, 1.807) is 18.2 Å². The third-order valence-electron chi connectivity index (χ3n) is 2.18. The van der Waals surface area contributed by atoms with Gasteiger partial charge in [0.1, 0.15) is 6.04 Å². The van der Waals surface area contributed by atoms with Gasteiger partial charge < -0.3 is 20.8 Å². The number of benzene rings is 1. The van der Waals surface area contributed by atoms with Crippen LogP contribution in [0.2, 0.25) is 5.02 Å². The van der Waals surface area contributed by atoms with Gasteiger partial charge in [0.2, 0.25) is 0 Å². The van der Waals surface area contributed by atoms with Crippen molar-refractivity contribution in [2.75, 3.05) is 5.32 Å². The number of carboxylic acid groups (broad SMARTS) is 2. The Morgan fingerprint density at radius 1 is 1.30 bits per heavy atom. The molecule has 2 amide bonds. The topological polar surface area (TPSA) is 116 Å². The van der Waals surface area contributed by atoms with Crippen LogP contribution >= 0.6 is 27.5 Å². The highest BCUT2D eigenvalue weighted by Crippen LogP contribution is 2.29. The van der Waals surface area contributed by atoms with Crippen LogP contribution in [0.1, 0.15) is 6.42 Å². The summed E-state index contributed by atoms with van der Waals surface area (Å²) in [5, 5.41) is 22.1. The van der Waals surface area contributed by atoms with Gasteiger partial charge in [0, 0.05) is 0 Å². The lowest BCUT2D eigenvalue weighted by Gasteiger charge is -2.14. The Hall–Kier alpha value is -1.80. The highest BCUT2D eigenvalue weighted by Gasteiger charge is 2.23. The highest BCUT2D eigenvalue weighted by molar-refractivity contribution is 9.10. The Morgan fingerprint density at radius 2 is 1.95 bits per heavy atom. The molecule has 7 nitrogen and oxygen atoms in total. The Labute approximate surface area is 127 Å². The third-order valence-corrected chi connectivity index (χ3v) is 3.58. The number of rotatable bonds is 5. The van der Waals surface area contributed by atoms with Crippen LogP contribution in [0, 0.1) is 0 Å². The van der Waals surface area contributed by atoms with Crippen molar-refractivity contribution < 1.29 is 24.6 Å². The lowest BCUT2D eigenvalue weighted by molar-refractivity contribution is -0.145. The van der Waals surface area contributed by atoms with Crippen molar-refractivity contribution in [2.45, 2.75) is 12.5 Å². The number of halogens is 2. The van der Waals surface area contributed by atoms with Gasteiger partial charge in [-0.3, -0.25) is 4.79 Å². The number of aliphatic carboxylic acids is 2. The minimum absolute atomic E-state index is 0.328. The second-order valence-electron chi connectivity index (χ2n) is 3.69. The van der Waals surface area contributed by atoms with Crippen LogP contribution in [-0.4, -0.2) is 34.2 Å². The Kier molecular flexibility index (Phi) is 5.78. The van der Waals surface area contributed by atoms with Crippen LogP contribution in [0.4, 0.5) is 10.5 Å². The summed E-state index contributed by atoms with van der Waals surface area (Å²) in [6, 6.07) is 2.36. The highest BCUT2D eigenvalue weighted by atomic mass is 79.9. The number of anilines is 1. The van der Waals surface area contributed by atoms with Crippen molar-refractivity contribution in [3.63, 3.8) is 0 Å². The SMILES string of the molecule is O=C(O)CC(NC(=O)Nc1cccc(Cl)c1Br)C(=O)O. The lowest BCUT2D eigenvalue weighted by Crippen LogP contribution is -2.44. The van der Waals surface area contributed by atoms with E-state index in [0.717, 1.165) is 0 Å². The Morgan fingerprint density at radius 3 is 2.50 bits per heavy atom. The Bertz CT molecular complexity index is 552. The summed E-state index contributed by atoms with van der Waals surface area (Å²) in [5.41, 5.74) is 0.328. The summed E-state index contributed by atoms with van der Waals surface area (Å²) in [6.45, 7) is 0. The second-order valence-corrected chi connectivity index (χ2v) is 4.89. The number of nitrogens with one attached hydrogen (secondary N) is 2. The first-order chi connectivity index (χ1) is 9.31. The predicted octanol–water partition coefficient (Wildman–Crippen LogP) is 2.15. The van der Waals surface area contributed by atoms with Crippen molar-refractivity contribution in [2.24, 2.45) is 0 Å². The van der Waals surface area contributed by atoms with E-state index in [0.29, 0.717) is 15.2 Å². The molecule has 0 heterocycles. The monoisotopic (exact) mass is 364 g/mol. The zero-order valence-electron chi connectivity index (χ0n) is 9.89. The third kappa shape index (κ3) is 4.71. The van der Waals surface area contributed by atoms with Gasteiger partial charge in [-0.1, -0.05) is 17.7 Å². The van der Waals surface area contributed by atoms with Gasteiger partial charge in [-0.05, 0) is 28.1 Å². The van der Waals surface area contributed by atoms with E-state index < -0.39 is 30.4 Å². The van der Waals surface area contributed by atoms with Gasteiger partial charge in [-0.25, -0.2) is 9.59 Å². The predicted molar refractivity (Wildman–Crippen MR) is 75.0 cm³/mol. The molecule has 0 spiro atoms. The number of hydrogen-bond donors (Lipinski definition) is 4. The van der Waals surface area contributed by atoms with Crippen molar-refractivity contribution >= 4 is 51.2 Å². The van der Waals surface area contributed by atoms with Gasteiger partial charge in [0.15, 0.2) is 0 Å². The van der Waals surface area contributed by atoms with E-state index in [2.05, 4.69) is 21.2 Å². The van der Waals surface area contributed by atoms with Gasteiger partial charge in [0.25, 0.3) is 0 Å². The Balaban J connectivity index is 2.73. The van der Waals surface area contributed by atoms with E-state index in [1.807, 2.05) is 5.32 Å². The zero-order chi connectivity index (χ0) is 15.3. The molecule has 20 heavy (non-hydrogen) atoms. The standard InChI is InChI=1S/C11H10BrClN2O5/c12-9-5(13)2-1-3-6(9)14-11(20)15-7(10(18)19)4-8(16)17/h1-3,7H,4H2,(H,16,17)(H,18,19)(H2,14,15,20). The van der Waals surface area contributed by atoms with Crippen LogP contribution in [0.5, 0.6) is 0 Å². The molecule has 0 saturated heterocycles. The number of urea groups is 1. The number of carbonyl (C=O) groups excluding carboxylic acids is 1. The number of hydrogen-bond acceptors (Lipinski definition) is 3. The van der Waals surface area contributed by atoms with E-state index in [4.69, 9.17) is 21.8 Å². The molecule has 0 aliphatic rings. The van der Waals surface area contributed by atoms with Crippen LogP contribution in [0.3, 0.4) is 0 Å². The normalized spacial score (nSPS) is 11.5. The summed E-state index contributed by atoms with van der Waals surface area (Å²) in [6.07, 6.45) is -0.723. The molecule has 0 fully saturated rings. The molecule has 1 aromatic rings. The molecule has 0 saturated carbocycles. The summed E-state index contributed by atoms with van der Waals surface area (Å²) < 4.78 is 0.432. The quantitative estimate of drug-likeness (QED) is 0.638. The molecular formula is C11H10BrClN2O5. The second kappa shape index (κ2) is 7.11. The van der Waals surface area contributed by atoms with Crippen LogP contribution < -0.4 is 10.6 Å². The maximum atomic E-state index is 11.6. The average molecular weight is 366 g/mol. The molecule has 1 atom stereocenters. The lowest BCUT2D eigenvalue weighted by atomic mass is 10.2. The number of carboxylic acids is 2. The van der Waals surface area contributed by atoms with Gasteiger partial charge in [-0.15, -0.1) is 0 Å². The van der Waals surface area contributed by atoms with E-state index >= 15 is 0 Å². The fourth-order valence-corrected chi connectivity index (χ4v) is 1.83. The summed E-state index contributed by atoms with van der Waals surface area (Å²) >= 11 is 8.99. The molecule has 1 aromatic carbocycles. The summed E-state index contributed by atoms with van der Waals surface area (Å²) in [7, 11) is 0. The molecule has 4 N–H and O–H groups in total. The van der Waals surface area contributed by atoms with Crippen molar-refractivity contribution in [1.29, 1.82) is 0 Å². The summed E-state index contributed by atoms with van der Waals surface area (Å²) in [4.78, 5) is 32.9. The molecule has 108 valence electrons. The van der Waals surface area contributed by atoms with E-state index in [9.17, 15) is 14.4 Å². The largest absolute Gasteiger partial charge is 0.481 e. The van der Waals surface area contributed by atoms with Gasteiger partial charge in [0.05, 0.1) is 21.6 Å². The molecule has 0 aliphatic carbocycles. The molecule has 0 aliphatic heterocycles. The van der Waals surface area contributed by atoms with Crippen molar-refractivity contribution in [3.05, 3.63) is 27.7 Å². The van der Waals surface area contributed by atoms with Crippen LogP contribution in [-0.2, 0) is 9.59 Å². The maximum absolute atomic E-state index is 11.6. The molecule has 9 heteroatoms. The minimum atomic E-state index is -1.52. The molecule has 0 aromatic heterocycles. The molecule has 1 unspecified atom stereocenters. The first kappa shape index (κ1) is 16.3.